The van der Waals surface area contributed by atoms with Crippen molar-refractivity contribution in [2.45, 2.75) is 63.9 Å². The highest BCUT2D eigenvalue weighted by molar-refractivity contribution is 4.76. The van der Waals surface area contributed by atoms with Crippen LogP contribution in [0.1, 0.15) is 57.8 Å². The zero-order valence-corrected chi connectivity index (χ0v) is 10.5. The van der Waals surface area contributed by atoms with Crippen LogP contribution in [0.2, 0.25) is 0 Å². The number of nitrogens with one attached hydrogen (secondary N) is 1. The van der Waals surface area contributed by atoms with Crippen molar-refractivity contribution in [3.8, 4) is 0 Å². The first-order valence-electron chi connectivity index (χ1n) is 7.23. The summed E-state index contributed by atoms with van der Waals surface area (Å²) in [7, 11) is 0. The molecule has 0 radical (unpaired) electrons. The fraction of sp³-hybridized carbons (Fsp3) is 1.00. The second-order valence-electron chi connectivity index (χ2n) is 5.83. The van der Waals surface area contributed by atoms with Crippen LogP contribution in [0.4, 0.5) is 0 Å². The summed E-state index contributed by atoms with van der Waals surface area (Å²) < 4.78 is 0. The van der Waals surface area contributed by atoms with Gasteiger partial charge in [0, 0.05) is 0 Å². The standard InChI is InChI=1S/C14H27NO/c16-14-7-6-13(10-14)11-15-9-8-12-4-2-1-3-5-12/h12-16H,1-11H2. The Kier molecular flexibility index (Phi) is 5.11. The lowest BCUT2D eigenvalue weighted by Crippen LogP contribution is -2.24. The van der Waals surface area contributed by atoms with E-state index in [2.05, 4.69) is 5.32 Å². The van der Waals surface area contributed by atoms with Gasteiger partial charge in [0.25, 0.3) is 0 Å². The van der Waals surface area contributed by atoms with Crippen LogP contribution in [0.5, 0.6) is 0 Å². The van der Waals surface area contributed by atoms with Crippen molar-refractivity contribution in [3.05, 3.63) is 0 Å². The van der Waals surface area contributed by atoms with Gasteiger partial charge in [-0.2, -0.15) is 0 Å². The molecule has 0 heterocycles. The van der Waals surface area contributed by atoms with Gasteiger partial charge in [-0.05, 0) is 50.6 Å². The zero-order chi connectivity index (χ0) is 11.2. The van der Waals surface area contributed by atoms with E-state index in [9.17, 15) is 5.11 Å². The summed E-state index contributed by atoms with van der Waals surface area (Å²) in [4.78, 5) is 0. The molecule has 94 valence electrons. The molecule has 2 fully saturated rings. The summed E-state index contributed by atoms with van der Waals surface area (Å²) in [6.45, 7) is 2.32. The topological polar surface area (TPSA) is 32.3 Å². The summed E-state index contributed by atoms with van der Waals surface area (Å²) in [5, 5.41) is 13.0. The maximum atomic E-state index is 9.43. The van der Waals surface area contributed by atoms with Crippen LogP contribution < -0.4 is 5.32 Å². The van der Waals surface area contributed by atoms with Crippen molar-refractivity contribution in [1.29, 1.82) is 0 Å². The van der Waals surface area contributed by atoms with E-state index in [0.29, 0.717) is 0 Å². The highest BCUT2D eigenvalue weighted by atomic mass is 16.3. The second-order valence-corrected chi connectivity index (χ2v) is 5.83. The minimum atomic E-state index is -0.00913. The first kappa shape index (κ1) is 12.4. The third-order valence-electron chi connectivity index (χ3n) is 4.40. The number of aliphatic hydroxyl groups is 1. The Morgan fingerprint density at radius 1 is 0.938 bits per heavy atom. The molecule has 16 heavy (non-hydrogen) atoms. The first-order chi connectivity index (χ1) is 7.84. The van der Waals surface area contributed by atoms with E-state index in [1.165, 1.54) is 51.5 Å². The molecule has 2 atom stereocenters. The SMILES string of the molecule is OC1CCC(CNCCC2CCCCC2)C1. The van der Waals surface area contributed by atoms with Gasteiger partial charge in [0.1, 0.15) is 0 Å². The lowest BCUT2D eigenvalue weighted by atomic mass is 9.87. The van der Waals surface area contributed by atoms with Crippen LogP contribution in [0.3, 0.4) is 0 Å². The molecule has 2 rings (SSSR count). The smallest absolute Gasteiger partial charge is 0.0543 e. The summed E-state index contributed by atoms with van der Waals surface area (Å²) >= 11 is 0. The third kappa shape index (κ3) is 4.06. The molecule has 0 aromatic heterocycles. The predicted molar refractivity (Wildman–Crippen MR) is 67.4 cm³/mol. The minimum Gasteiger partial charge on any atom is -0.393 e. The van der Waals surface area contributed by atoms with Crippen molar-refractivity contribution >= 4 is 0 Å². The van der Waals surface area contributed by atoms with Crippen molar-refractivity contribution in [1.82, 2.24) is 5.32 Å². The average molecular weight is 225 g/mol. The van der Waals surface area contributed by atoms with Gasteiger partial charge in [0.05, 0.1) is 6.10 Å². The molecule has 0 aliphatic heterocycles. The molecular formula is C14H27NO. The van der Waals surface area contributed by atoms with Gasteiger partial charge >= 0.3 is 0 Å². The van der Waals surface area contributed by atoms with Gasteiger partial charge in [-0.15, -0.1) is 0 Å². The van der Waals surface area contributed by atoms with Crippen LogP contribution in [0.15, 0.2) is 0 Å². The monoisotopic (exact) mass is 225 g/mol. The fourth-order valence-corrected chi connectivity index (χ4v) is 3.32. The van der Waals surface area contributed by atoms with Crippen LogP contribution in [-0.2, 0) is 0 Å². The Morgan fingerprint density at radius 3 is 2.44 bits per heavy atom. The van der Waals surface area contributed by atoms with Crippen LogP contribution in [0, 0.1) is 11.8 Å². The fourth-order valence-electron chi connectivity index (χ4n) is 3.32. The van der Waals surface area contributed by atoms with E-state index in [1.807, 2.05) is 0 Å². The lowest BCUT2D eigenvalue weighted by Gasteiger charge is -2.21. The van der Waals surface area contributed by atoms with Crippen molar-refractivity contribution in [3.63, 3.8) is 0 Å². The van der Waals surface area contributed by atoms with Crippen LogP contribution in [-0.4, -0.2) is 24.3 Å². The maximum Gasteiger partial charge on any atom is 0.0543 e. The second kappa shape index (κ2) is 6.61. The Bertz CT molecular complexity index is 182. The third-order valence-corrected chi connectivity index (χ3v) is 4.40. The molecule has 2 saturated carbocycles. The number of hydrogen-bond donors (Lipinski definition) is 2. The van der Waals surface area contributed by atoms with E-state index < -0.39 is 0 Å². The van der Waals surface area contributed by atoms with Gasteiger partial charge < -0.3 is 10.4 Å². The molecule has 2 nitrogen and oxygen atoms in total. The molecule has 0 aromatic rings. The molecular weight excluding hydrogens is 198 g/mol. The van der Waals surface area contributed by atoms with E-state index in [-0.39, 0.29) is 6.10 Å². The zero-order valence-electron chi connectivity index (χ0n) is 10.5. The molecule has 2 aliphatic rings. The van der Waals surface area contributed by atoms with Gasteiger partial charge in [-0.1, -0.05) is 32.1 Å². The van der Waals surface area contributed by atoms with Crippen molar-refractivity contribution in [2.24, 2.45) is 11.8 Å². The minimum absolute atomic E-state index is 0.00913. The Morgan fingerprint density at radius 2 is 1.75 bits per heavy atom. The van der Waals surface area contributed by atoms with Gasteiger partial charge in [0.2, 0.25) is 0 Å². The number of aliphatic hydroxyl groups excluding tert-OH is 1. The normalized spacial score (nSPS) is 32.1. The number of rotatable bonds is 5. The largest absolute Gasteiger partial charge is 0.393 e. The van der Waals surface area contributed by atoms with Crippen LogP contribution in [0.25, 0.3) is 0 Å². The van der Waals surface area contributed by atoms with Gasteiger partial charge in [0.15, 0.2) is 0 Å². The molecule has 0 aromatic carbocycles. The van der Waals surface area contributed by atoms with E-state index >= 15 is 0 Å². The summed E-state index contributed by atoms with van der Waals surface area (Å²) in [5.41, 5.74) is 0. The predicted octanol–water partition coefficient (Wildman–Crippen LogP) is 2.71. The quantitative estimate of drug-likeness (QED) is 0.705. The van der Waals surface area contributed by atoms with Crippen molar-refractivity contribution in [2.75, 3.05) is 13.1 Å². The Hall–Kier alpha value is -0.0800. The lowest BCUT2D eigenvalue weighted by molar-refractivity contribution is 0.177. The molecule has 0 amide bonds. The summed E-state index contributed by atoms with van der Waals surface area (Å²) in [5.74, 6) is 1.73. The highest BCUT2D eigenvalue weighted by Gasteiger charge is 2.22. The molecule has 0 bridgehead atoms. The summed E-state index contributed by atoms with van der Waals surface area (Å²) in [6.07, 6.45) is 11.9. The molecule has 2 heteroatoms. The molecule has 2 unspecified atom stereocenters. The Labute approximate surface area is 99.8 Å². The van der Waals surface area contributed by atoms with Gasteiger partial charge in [-0.3, -0.25) is 0 Å². The van der Waals surface area contributed by atoms with E-state index in [4.69, 9.17) is 0 Å². The first-order valence-corrected chi connectivity index (χ1v) is 7.23. The summed E-state index contributed by atoms with van der Waals surface area (Å²) in [6, 6.07) is 0. The Balaban J connectivity index is 1.48. The van der Waals surface area contributed by atoms with Crippen LogP contribution >= 0.6 is 0 Å². The molecule has 2 aliphatic carbocycles. The molecule has 0 spiro atoms. The molecule has 2 N–H and O–H groups in total. The maximum absolute atomic E-state index is 9.43. The van der Waals surface area contributed by atoms with E-state index in [1.54, 1.807) is 0 Å². The van der Waals surface area contributed by atoms with E-state index in [0.717, 1.165) is 31.2 Å². The highest BCUT2D eigenvalue weighted by Crippen LogP contribution is 2.26. The van der Waals surface area contributed by atoms with Gasteiger partial charge in [-0.25, -0.2) is 0 Å². The molecule has 0 saturated heterocycles. The average Bonchev–Trinajstić information content (AvgIpc) is 2.72. The number of hydrogen-bond acceptors (Lipinski definition) is 2. The van der Waals surface area contributed by atoms with Crippen molar-refractivity contribution < 1.29 is 5.11 Å².